The number of benzene rings is 2. The number of hydrogen-bond donors (Lipinski definition) is 0. The molecular weight excluding hydrogens is 439 g/mol. The van der Waals surface area contributed by atoms with Crippen LogP contribution in [0.4, 0.5) is 0 Å². The summed E-state index contributed by atoms with van der Waals surface area (Å²) in [6, 6.07) is 16.3. The summed E-state index contributed by atoms with van der Waals surface area (Å²) in [5.74, 6) is 0.301. The number of aromatic nitrogens is 2. The minimum Gasteiger partial charge on any atom is -0.471 e. The maximum Gasteiger partial charge on any atom is 0.283 e. The zero-order valence-corrected chi connectivity index (χ0v) is 15.9. The number of aryl methyl sites for hydroxylation is 1. The first-order chi connectivity index (χ1) is 11.5. The van der Waals surface area contributed by atoms with Gasteiger partial charge in [-0.2, -0.15) is 12.5 Å². The molecule has 2 aromatic carbocycles. The van der Waals surface area contributed by atoms with E-state index >= 15 is 0 Å². The molecule has 0 aliphatic carbocycles. The molecule has 0 radical (unpaired) electrons. The lowest BCUT2D eigenvalue weighted by Crippen LogP contribution is -2.13. The molecular formula is C17H15IN2O3S. The summed E-state index contributed by atoms with van der Waals surface area (Å²) in [6.45, 7) is 2.24. The fraction of sp³-hybridized carbons (Fsp3) is 0.118. The molecule has 124 valence electrons. The van der Waals surface area contributed by atoms with E-state index in [1.165, 1.54) is 6.20 Å². The van der Waals surface area contributed by atoms with Gasteiger partial charge in [-0.15, -0.1) is 5.10 Å². The Hall–Kier alpha value is -1.87. The fourth-order valence-electron chi connectivity index (χ4n) is 2.08. The van der Waals surface area contributed by atoms with Gasteiger partial charge in [0.15, 0.2) is 0 Å². The second kappa shape index (κ2) is 6.94. The highest BCUT2D eigenvalue weighted by atomic mass is 127. The maximum atomic E-state index is 12.6. The molecule has 3 rings (SSSR count). The number of halogens is 1. The minimum atomic E-state index is -3.72. The van der Waals surface area contributed by atoms with Gasteiger partial charge in [-0.05, 0) is 47.2 Å². The highest BCUT2D eigenvalue weighted by Crippen LogP contribution is 2.23. The minimum absolute atomic E-state index is 0.196. The SMILES string of the molecule is Cc1ccc(S(=O)(=O)n2cc(I)c(OCc3ccccc3)n2)cc1. The van der Waals surface area contributed by atoms with Crippen LogP contribution >= 0.6 is 22.6 Å². The Kier molecular flexibility index (Phi) is 4.91. The van der Waals surface area contributed by atoms with Gasteiger partial charge in [0.25, 0.3) is 10.0 Å². The Morgan fingerprint density at radius 2 is 1.75 bits per heavy atom. The lowest BCUT2D eigenvalue weighted by molar-refractivity contribution is 0.290. The Balaban J connectivity index is 1.84. The molecule has 0 aliphatic heterocycles. The van der Waals surface area contributed by atoms with E-state index in [0.717, 1.165) is 15.2 Å². The van der Waals surface area contributed by atoms with Crippen LogP contribution in [0.5, 0.6) is 5.88 Å². The van der Waals surface area contributed by atoms with E-state index in [9.17, 15) is 8.42 Å². The zero-order valence-electron chi connectivity index (χ0n) is 12.9. The predicted octanol–water partition coefficient (Wildman–Crippen LogP) is 3.61. The Bertz CT molecular complexity index is 936. The molecule has 0 fully saturated rings. The van der Waals surface area contributed by atoms with Gasteiger partial charge in [0.1, 0.15) is 6.61 Å². The van der Waals surface area contributed by atoms with Crippen LogP contribution in [0.2, 0.25) is 0 Å². The molecule has 0 N–H and O–H groups in total. The summed E-state index contributed by atoms with van der Waals surface area (Å²) in [4.78, 5) is 0.196. The van der Waals surface area contributed by atoms with Crippen molar-refractivity contribution in [2.75, 3.05) is 0 Å². The van der Waals surface area contributed by atoms with E-state index in [1.807, 2.05) is 59.8 Å². The molecule has 0 saturated heterocycles. The molecule has 0 spiro atoms. The highest BCUT2D eigenvalue weighted by molar-refractivity contribution is 14.1. The van der Waals surface area contributed by atoms with Crippen LogP contribution in [0.1, 0.15) is 11.1 Å². The smallest absolute Gasteiger partial charge is 0.283 e. The van der Waals surface area contributed by atoms with Gasteiger partial charge in [0, 0.05) is 0 Å². The monoisotopic (exact) mass is 454 g/mol. The maximum absolute atomic E-state index is 12.6. The second-order valence-corrected chi connectivity index (χ2v) is 8.20. The third-order valence-electron chi connectivity index (χ3n) is 3.40. The van der Waals surface area contributed by atoms with Crippen molar-refractivity contribution in [2.24, 2.45) is 0 Å². The molecule has 5 nitrogen and oxygen atoms in total. The van der Waals surface area contributed by atoms with Gasteiger partial charge in [-0.1, -0.05) is 48.0 Å². The Morgan fingerprint density at radius 3 is 2.42 bits per heavy atom. The molecule has 0 saturated carbocycles. The summed E-state index contributed by atoms with van der Waals surface area (Å²) in [5, 5.41) is 4.09. The van der Waals surface area contributed by atoms with Crippen LogP contribution in [-0.2, 0) is 16.6 Å². The van der Waals surface area contributed by atoms with E-state index in [1.54, 1.807) is 24.3 Å². The Morgan fingerprint density at radius 1 is 1.08 bits per heavy atom. The van der Waals surface area contributed by atoms with Gasteiger partial charge in [-0.3, -0.25) is 0 Å². The van der Waals surface area contributed by atoms with Crippen LogP contribution in [0.15, 0.2) is 65.7 Å². The molecule has 0 unspecified atom stereocenters. The molecule has 7 heteroatoms. The van der Waals surface area contributed by atoms with E-state index in [2.05, 4.69) is 5.10 Å². The predicted molar refractivity (Wildman–Crippen MR) is 99.5 cm³/mol. The normalized spacial score (nSPS) is 11.4. The first-order valence-corrected chi connectivity index (χ1v) is 9.73. The van der Waals surface area contributed by atoms with Crippen molar-refractivity contribution in [3.8, 4) is 5.88 Å². The largest absolute Gasteiger partial charge is 0.471 e. The number of ether oxygens (including phenoxy) is 1. The van der Waals surface area contributed by atoms with Crippen molar-refractivity contribution in [1.82, 2.24) is 9.19 Å². The Labute approximate surface area is 154 Å². The molecule has 3 aromatic rings. The van der Waals surface area contributed by atoms with Crippen LogP contribution in [-0.4, -0.2) is 17.6 Å². The summed E-state index contributed by atoms with van der Waals surface area (Å²) >= 11 is 2.02. The summed E-state index contributed by atoms with van der Waals surface area (Å²) < 4.78 is 32.5. The number of rotatable bonds is 5. The van der Waals surface area contributed by atoms with Gasteiger partial charge in [0.05, 0.1) is 14.7 Å². The van der Waals surface area contributed by atoms with E-state index in [0.29, 0.717) is 16.1 Å². The first kappa shape index (κ1) is 17.0. The van der Waals surface area contributed by atoms with Gasteiger partial charge >= 0.3 is 0 Å². The van der Waals surface area contributed by atoms with Crippen LogP contribution in [0.25, 0.3) is 0 Å². The quantitative estimate of drug-likeness (QED) is 0.553. The van der Waals surface area contributed by atoms with Crippen LogP contribution in [0.3, 0.4) is 0 Å². The second-order valence-electron chi connectivity index (χ2n) is 5.25. The summed E-state index contributed by atoms with van der Waals surface area (Å²) in [5.41, 5.74) is 1.99. The van der Waals surface area contributed by atoms with Crippen molar-refractivity contribution < 1.29 is 13.2 Å². The molecule has 1 heterocycles. The lowest BCUT2D eigenvalue weighted by Gasteiger charge is -2.05. The third-order valence-corrected chi connectivity index (χ3v) is 5.69. The summed E-state index contributed by atoms with van der Waals surface area (Å²) in [7, 11) is -3.72. The van der Waals surface area contributed by atoms with Crippen LogP contribution < -0.4 is 4.74 Å². The molecule has 0 bridgehead atoms. The molecule has 1 aromatic heterocycles. The van der Waals surface area contributed by atoms with E-state index in [4.69, 9.17) is 4.74 Å². The van der Waals surface area contributed by atoms with Crippen molar-refractivity contribution in [3.05, 3.63) is 75.5 Å². The topological polar surface area (TPSA) is 61.2 Å². The van der Waals surface area contributed by atoms with Gasteiger partial charge in [-0.25, -0.2) is 0 Å². The average molecular weight is 454 g/mol. The first-order valence-electron chi connectivity index (χ1n) is 7.21. The van der Waals surface area contributed by atoms with Crippen LogP contribution in [0, 0.1) is 10.5 Å². The van der Waals surface area contributed by atoms with Crippen molar-refractivity contribution >= 4 is 32.6 Å². The molecule has 0 amide bonds. The van der Waals surface area contributed by atoms with Crippen molar-refractivity contribution in [1.29, 1.82) is 0 Å². The summed E-state index contributed by atoms with van der Waals surface area (Å²) in [6.07, 6.45) is 1.45. The van der Waals surface area contributed by atoms with Gasteiger partial charge in [0.2, 0.25) is 5.88 Å². The molecule has 24 heavy (non-hydrogen) atoms. The number of hydrogen-bond acceptors (Lipinski definition) is 4. The highest BCUT2D eigenvalue weighted by Gasteiger charge is 2.20. The number of nitrogens with zero attached hydrogens (tertiary/aromatic N) is 2. The van der Waals surface area contributed by atoms with Crippen molar-refractivity contribution in [3.63, 3.8) is 0 Å². The van der Waals surface area contributed by atoms with E-state index in [-0.39, 0.29) is 4.90 Å². The average Bonchev–Trinajstić information content (AvgIpc) is 2.96. The molecule has 0 atom stereocenters. The van der Waals surface area contributed by atoms with Gasteiger partial charge < -0.3 is 4.74 Å². The standard InChI is InChI=1S/C17H15IN2O3S/c1-13-7-9-15(10-8-13)24(21,22)20-11-16(18)17(19-20)23-12-14-5-3-2-4-6-14/h2-11H,12H2,1H3. The lowest BCUT2D eigenvalue weighted by atomic mass is 10.2. The zero-order chi connectivity index (χ0) is 17.2. The third kappa shape index (κ3) is 3.62. The fourth-order valence-corrected chi connectivity index (χ4v) is 3.92. The molecule has 0 aliphatic rings. The van der Waals surface area contributed by atoms with Crippen molar-refractivity contribution in [2.45, 2.75) is 18.4 Å². The van der Waals surface area contributed by atoms with E-state index < -0.39 is 10.0 Å².